The van der Waals surface area contributed by atoms with Crippen molar-refractivity contribution < 1.29 is 9.90 Å². The zero-order valence-corrected chi connectivity index (χ0v) is 11.1. The molecule has 106 valence electrons. The number of nitrogens with one attached hydrogen (secondary N) is 1. The van der Waals surface area contributed by atoms with Crippen LogP contribution in [0.25, 0.3) is 0 Å². The number of nitrogens with zero attached hydrogens (tertiary/aromatic N) is 2. The molecule has 4 N–H and O–H groups in total. The topological polar surface area (TPSA) is 93.2 Å². The third-order valence-corrected chi connectivity index (χ3v) is 3.87. The summed E-state index contributed by atoms with van der Waals surface area (Å²) in [7, 11) is 0. The number of carbonyl (C=O) groups is 1. The number of hydrogen-bond acceptors (Lipinski definition) is 4. The van der Waals surface area contributed by atoms with E-state index in [2.05, 4.69) is 10.4 Å². The summed E-state index contributed by atoms with van der Waals surface area (Å²) < 4.78 is 1.51. The van der Waals surface area contributed by atoms with Crippen LogP contribution in [0.2, 0.25) is 0 Å². The van der Waals surface area contributed by atoms with Gasteiger partial charge < -0.3 is 16.2 Å². The number of amides is 1. The Morgan fingerprint density at radius 2 is 2.21 bits per heavy atom. The highest BCUT2D eigenvalue weighted by atomic mass is 16.3. The monoisotopic (exact) mass is 266 g/mol. The van der Waals surface area contributed by atoms with Crippen LogP contribution in [0.3, 0.4) is 0 Å². The Morgan fingerprint density at radius 1 is 1.47 bits per heavy atom. The summed E-state index contributed by atoms with van der Waals surface area (Å²) in [5.41, 5.74) is 5.96. The number of nitrogen functional groups attached to an aromatic ring is 1. The van der Waals surface area contributed by atoms with Crippen LogP contribution < -0.4 is 11.1 Å². The summed E-state index contributed by atoms with van der Waals surface area (Å²) in [5, 5.41) is 16.4. The molecular weight excluding hydrogens is 244 g/mol. The zero-order valence-electron chi connectivity index (χ0n) is 11.1. The molecule has 1 heterocycles. The molecule has 1 aromatic rings. The number of carbonyl (C=O) groups excluding carboxylic acids is 1. The van der Waals surface area contributed by atoms with Crippen molar-refractivity contribution in [1.29, 1.82) is 0 Å². The number of rotatable bonds is 5. The zero-order chi connectivity index (χ0) is 13.7. The minimum atomic E-state index is -0.128. The standard InChI is InChI=1S/C13H22N4O2/c14-11-6-16-17(7-11)8-12(19)15-9-13(10-18)4-2-1-3-5-13/h6-7,18H,1-5,8-10,14H2,(H,15,19). The van der Waals surface area contributed by atoms with E-state index in [0.29, 0.717) is 12.2 Å². The number of aliphatic hydroxyl groups excluding tert-OH is 1. The summed E-state index contributed by atoms with van der Waals surface area (Å²) in [6.45, 7) is 0.847. The first kappa shape index (κ1) is 13.9. The van der Waals surface area contributed by atoms with Gasteiger partial charge in [0.1, 0.15) is 6.54 Å². The van der Waals surface area contributed by atoms with Gasteiger partial charge in [-0.3, -0.25) is 9.48 Å². The lowest BCUT2D eigenvalue weighted by molar-refractivity contribution is -0.122. The lowest BCUT2D eigenvalue weighted by atomic mass is 9.74. The fourth-order valence-corrected chi connectivity index (χ4v) is 2.65. The summed E-state index contributed by atoms with van der Waals surface area (Å²) in [4.78, 5) is 11.8. The Kier molecular flexibility index (Phi) is 4.42. The molecule has 0 unspecified atom stereocenters. The first-order valence-corrected chi connectivity index (χ1v) is 6.79. The molecule has 1 saturated carbocycles. The van der Waals surface area contributed by atoms with Crippen LogP contribution in [-0.4, -0.2) is 33.9 Å². The fraction of sp³-hybridized carbons (Fsp3) is 0.692. The molecule has 1 amide bonds. The molecule has 0 bridgehead atoms. The second-order valence-corrected chi connectivity index (χ2v) is 5.47. The molecule has 6 nitrogen and oxygen atoms in total. The molecule has 1 aliphatic rings. The average Bonchev–Trinajstić information content (AvgIpc) is 2.83. The largest absolute Gasteiger partial charge is 0.396 e. The quantitative estimate of drug-likeness (QED) is 0.724. The van der Waals surface area contributed by atoms with E-state index >= 15 is 0 Å². The van der Waals surface area contributed by atoms with E-state index in [1.54, 1.807) is 6.20 Å². The van der Waals surface area contributed by atoms with Crippen LogP contribution in [0, 0.1) is 5.41 Å². The van der Waals surface area contributed by atoms with Crippen molar-refractivity contribution in [2.24, 2.45) is 5.41 Å². The van der Waals surface area contributed by atoms with Gasteiger partial charge in [-0.15, -0.1) is 0 Å². The van der Waals surface area contributed by atoms with Gasteiger partial charge >= 0.3 is 0 Å². The van der Waals surface area contributed by atoms with Crippen molar-refractivity contribution in [3.63, 3.8) is 0 Å². The number of nitrogens with two attached hydrogens (primary N) is 1. The van der Waals surface area contributed by atoms with Crippen LogP contribution in [0.5, 0.6) is 0 Å². The van der Waals surface area contributed by atoms with Crippen LogP contribution >= 0.6 is 0 Å². The van der Waals surface area contributed by atoms with Gasteiger partial charge in [0.05, 0.1) is 18.5 Å². The molecule has 0 aliphatic heterocycles. The molecule has 1 aromatic heterocycles. The van der Waals surface area contributed by atoms with E-state index in [0.717, 1.165) is 25.7 Å². The number of aliphatic hydroxyl groups is 1. The fourth-order valence-electron chi connectivity index (χ4n) is 2.65. The molecule has 0 aromatic carbocycles. The van der Waals surface area contributed by atoms with E-state index in [1.165, 1.54) is 17.3 Å². The molecule has 0 saturated heterocycles. The van der Waals surface area contributed by atoms with Crippen molar-refractivity contribution >= 4 is 11.6 Å². The van der Waals surface area contributed by atoms with Gasteiger partial charge in [0.2, 0.25) is 5.91 Å². The van der Waals surface area contributed by atoms with Crippen molar-refractivity contribution in [3.8, 4) is 0 Å². The van der Waals surface area contributed by atoms with Gasteiger partial charge in [-0.05, 0) is 12.8 Å². The van der Waals surface area contributed by atoms with Crippen molar-refractivity contribution in [1.82, 2.24) is 15.1 Å². The Balaban J connectivity index is 1.82. The van der Waals surface area contributed by atoms with Crippen molar-refractivity contribution in [2.75, 3.05) is 18.9 Å². The molecule has 0 spiro atoms. The average molecular weight is 266 g/mol. The van der Waals surface area contributed by atoms with Gasteiger partial charge in [-0.1, -0.05) is 19.3 Å². The van der Waals surface area contributed by atoms with Gasteiger partial charge in [0, 0.05) is 18.2 Å². The molecule has 2 rings (SSSR count). The van der Waals surface area contributed by atoms with Gasteiger partial charge in [0.15, 0.2) is 0 Å². The van der Waals surface area contributed by atoms with Gasteiger partial charge in [-0.2, -0.15) is 5.10 Å². The van der Waals surface area contributed by atoms with Crippen molar-refractivity contribution in [2.45, 2.75) is 38.6 Å². The highest BCUT2D eigenvalue weighted by Crippen LogP contribution is 2.35. The third kappa shape index (κ3) is 3.70. The molecule has 1 aliphatic carbocycles. The first-order valence-electron chi connectivity index (χ1n) is 6.79. The highest BCUT2D eigenvalue weighted by molar-refractivity contribution is 5.75. The van der Waals surface area contributed by atoms with Crippen LogP contribution in [0.4, 0.5) is 5.69 Å². The minimum absolute atomic E-state index is 0.0958. The Labute approximate surface area is 113 Å². The van der Waals surface area contributed by atoms with E-state index in [4.69, 9.17) is 5.73 Å². The highest BCUT2D eigenvalue weighted by Gasteiger charge is 2.31. The molecule has 19 heavy (non-hydrogen) atoms. The first-order chi connectivity index (χ1) is 9.13. The van der Waals surface area contributed by atoms with Gasteiger partial charge in [-0.25, -0.2) is 0 Å². The molecule has 6 heteroatoms. The van der Waals surface area contributed by atoms with E-state index < -0.39 is 0 Å². The molecule has 0 radical (unpaired) electrons. The maximum atomic E-state index is 11.8. The second-order valence-electron chi connectivity index (χ2n) is 5.47. The predicted octanol–water partition coefficient (Wildman–Crippen LogP) is 0.524. The minimum Gasteiger partial charge on any atom is -0.396 e. The maximum Gasteiger partial charge on any atom is 0.241 e. The van der Waals surface area contributed by atoms with Crippen molar-refractivity contribution in [3.05, 3.63) is 12.4 Å². The second kappa shape index (κ2) is 6.06. The SMILES string of the molecule is Nc1cnn(CC(=O)NCC2(CO)CCCCC2)c1. The molecular formula is C13H22N4O2. The predicted molar refractivity (Wildman–Crippen MR) is 72.3 cm³/mol. The van der Waals surface area contributed by atoms with E-state index in [-0.39, 0.29) is 24.5 Å². The summed E-state index contributed by atoms with van der Waals surface area (Å²) >= 11 is 0. The lowest BCUT2D eigenvalue weighted by Crippen LogP contribution is -2.42. The molecule has 1 fully saturated rings. The lowest BCUT2D eigenvalue weighted by Gasteiger charge is -2.35. The number of aromatic nitrogens is 2. The normalized spacial score (nSPS) is 18.2. The van der Waals surface area contributed by atoms with E-state index in [9.17, 15) is 9.90 Å². The van der Waals surface area contributed by atoms with Gasteiger partial charge in [0.25, 0.3) is 0 Å². The molecule has 0 atom stereocenters. The van der Waals surface area contributed by atoms with Crippen LogP contribution in [-0.2, 0) is 11.3 Å². The Hall–Kier alpha value is -1.56. The smallest absolute Gasteiger partial charge is 0.241 e. The summed E-state index contributed by atoms with van der Waals surface area (Å²) in [6, 6.07) is 0. The maximum absolute atomic E-state index is 11.8. The van der Waals surface area contributed by atoms with Crippen LogP contribution in [0.1, 0.15) is 32.1 Å². The third-order valence-electron chi connectivity index (χ3n) is 3.87. The summed E-state index contributed by atoms with van der Waals surface area (Å²) in [6.07, 6.45) is 8.60. The number of anilines is 1. The Bertz CT molecular complexity index is 424. The Morgan fingerprint density at radius 3 is 2.79 bits per heavy atom. The summed E-state index contributed by atoms with van der Waals surface area (Å²) in [5.74, 6) is -0.0958. The number of hydrogen-bond donors (Lipinski definition) is 3. The van der Waals surface area contributed by atoms with E-state index in [1.807, 2.05) is 0 Å². The van der Waals surface area contributed by atoms with Crippen LogP contribution in [0.15, 0.2) is 12.4 Å².